The van der Waals surface area contributed by atoms with Gasteiger partial charge in [0.25, 0.3) is 0 Å². The lowest BCUT2D eigenvalue weighted by molar-refractivity contribution is -0.158. The summed E-state index contributed by atoms with van der Waals surface area (Å²) in [5.74, 6) is -1.94. The first kappa shape index (κ1) is 24.8. The van der Waals surface area contributed by atoms with Gasteiger partial charge in [-0.3, -0.25) is 4.79 Å². The zero-order valence-electron chi connectivity index (χ0n) is 20.8. The van der Waals surface area contributed by atoms with Crippen LogP contribution in [0.5, 0.6) is 0 Å². The van der Waals surface area contributed by atoms with Crippen LogP contribution < -0.4 is 5.32 Å². The second kappa shape index (κ2) is 9.72. The van der Waals surface area contributed by atoms with Gasteiger partial charge >= 0.3 is 12.1 Å². The van der Waals surface area contributed by atoms with Crippen LogP contribution >= 0.6 is 0 Å². The molecule has 3 atom stereocenters. The molecule has 2 unspecified atom stereocenters. The van der Waals surface area contributed by atoms with Crippen molar-refractivity contribution in [2.45, 2.75) is 58.0 Å². The summed E-state index contributed by atoms with van der Waals surface area (Å²) >= 11 is 0. The molecule has 1 aliphatic heterocycles. The van der Waals surface area contributed by atoms with Crippen molar-refractivity contribution in [1.29, 1.82) is 0 Å². The van der Waals surface area contributed by atoms with Crippen LogP contribution in [0.25, 0.3) is 11.1 Å². The smallest absolute Gasteiger partial charge is 0.407 e. The maximum absolute atomic E-state index is 13.4. The molecular formula is C28H34N2O5. The van der Waals surface area contributed by atoms with Crippen LogP contribution in [0, 0.1) is 11.8 Å². The van der Waals surface area contributed by atoms with Crippen molar-refractivity contribution >= 4 is 18.0 Å². The van der Waals surface area contributed by atoms with E-state index in [0.717, 1.165) is 22.3 Å². The number of hydrogen-bond acceptors (Lipinski definition) is 4. The van der Waals surface area contributed by atoms with Crippen molar-refractivity contribution < 1.29 is 24.2 Å². The van der Waals surface area contributed by atoms with Gasteiger partial charge < -0.3 is 20.1 Å². The second-order valence-corrected chi connectivity index (χ2v) is 10.2. The zero-order chi connectivity index (χ0) is 25.3. The van der Waals surface area contributed by atoms with Crippen LogP contribution in [-0.2, 0) is 14.3 Å². The van der Waals surface area contributed by atoms with Gasteiger partial charge in [-0.1, -0.05) is 62.4 Å². The van der Waals surface area contributed by atoms with E-state index in [1.54, 1.807) is 13.8 Å². The molecule has 0 bridgehead atoms. The number of carboxylic acid groups (broad SMARTS) is 1. The summed E-state index contributed by atoms with van der Waals surface area (Å²) in [4.78, 5) is 39.6. The lowest BCUT2D eigenvalue weighted by Gasteiger charge is -2.37. The third-order valence-corrected chi connectivity index (χ3v) is 7.60. The highest BCUT2D eigenvalue weighted by atomic mass is 16.5. The highest BCUT2D eigenvalue weighted by Crippen LogP contribution is 2.44. The van der Waals surface area contributed by atoms with Crippen molar-refractivity contribution in [2.24, 2.45) is 11.8 Å². The highest BCUT2D eigenvalue weighted by molar-refractivity contribution is 5.89. The molecule has 2 aliphatic rings. The minimum absolute atomic E-state index is 0.0492. The standard InChI is InChI=1S/C28H34N2O5/c1-17(2)24(25(31)30-15-9-14-28(30,4)26(32)33)18(3)29-27(34)35-16-23-21-12-7-5-10-19(21)20-11-6-8-13-22(20)23/h5-8,10-13,17-18,23-24H,9,14-16H2,1-4H3,(H,29,34)(H,32,33)/t18?,24?,28-/m0/s1. The van der Waals surface area contributed by atoms with E-state index in [1.807, 2.05) is 38.1 Å². The third kappa shape index (κ3) is 4.51. The van der Waals surface area contributed by atoms with Crippen LogP contribution in [0.2, 0.25) is 0 Å². The van der Waals surface area contributed by atoms with Gasteiger partial charge in [-0.2, -0.15) is 0 Å². The molecule has 2 aromatic carbocycles. The van der Waals surface area contributed by atoms with Gasteiger partial charge in [0.05, 0.1) is 5.92 Å². The van der Waals surface area contributed by atoms with Gasteiger partial charge in [0, 0.05) is 18.5 Å². The molecule has 1 fully saturated rings. The topological polar surface area (TPSA) is 95.9 Å². The number of hydrogen-bond donors (Lipinski definition) is 2. The van der Waals surface area contributed by atoms with Crippen molar-refractivity contribution in [2.75, 3.05) is 13.2 Å². The number of carbonyl (C=O) groups is 3. The van der Waals surface area contributed by atoms with Crippen molar-refractivity contribution in [1.82, 2.24) is 10.2 Å². The Balaban J connectivity index is 1.43. The molecular weight excluding hydrogens is 444 g/mol. The lowest BCUT2D eigenvalue weighted by atomic mass is 9.86. The average molecular weight is 479 g/mol. The predicted octanol–water partition coefficient (Wildman–Crippen LogP) is 4.65. The van der Waals surface area contributed by atoms with Gasteiger partial charge in [-0.15, -0.1) is 0 Å². The minimum atomic E-state index is -1.21. The summed E-state index contributed by atoms with van der Waals surface area (Å²) in [5.41, 5.74) is 3.36. The Kier molecular flexibility index (Phi) is 6.88. The predicted molar refractivity (Wildman–Crippen MR) is 133 cm³/mol. The number of benzene rings is 2. The van der Waals surface area contributed by atoms with E-state index >= 15 is 0 Å². The number of alkyl carbamates (subject to hydrolysis) is 1. The molecule has 7 heteroatoms. The van der Waals surface area contributed by atoms with Gasteiger partial charge in [-0.25, -0.2) is 9.59 Å². The highest BCUT2D eigenvalue weighted by Gasteiger charge is 2.48. The summed E-state index contributed by atoms with van der Waals surface area (Å²) in [7, 11) is 0. The van der Waals surface area contributed by atoms with E-state index in [1.165, 1.54) is 4.90 Å². The number of carboxylic acids is 1. The molecule has 2 N–H and O–H groups in total. The summed E-state index contributed by atoms with van der Waals surface area (Å²) in [6.07, 6.45) is 0.487. The summed E-state index contributed by atoms with van der Waals surface area (Å²) in [6.45, 7) is 7.79. The van der Waals surface area contributed by atoms with E-state index in [0.29, 0.717) is 19.4 Å². The maximum Gasteiger partial charge on any atom is 0.407 e. The summed E-state index contributed by atoms with van der Waals surface area (Å²) in [5, 5.41) is 12.6. The van der Waals surface area contributed by atoms with Gasteiger partial charge in [-0.05, 0) is 54.9 Å². The number of amides is 2. The summed E-state index contributed by atoms with van der Waals surface area (Å²) in [6, 6.07) is 15.8. The quantitative estimate of drug-likeness (QED) is 0.604. The van der Waals surface area contributed by atoms with Crippen LogP contribution in [0.3, 0.4) is 0 Å². The maximum atomic E-state index is 13.4. The SMILES string of the molecule is CC(C)C(C(=O)N1CCC[C@@]1(C)C(=O)O)C(C)NC(=O)OCC1c2ccccc2-c2ccccc21. The molecule has 35 heavy (non-hydrogen) atoms. The number of nitrogens with one attached hydrogen (secondary N) is 1. The van der Waals surface area contributed by atoms with Gasteiger partial charge in [0.1, 0.15) is 12.1 Å². The first-order valence-electron chi connectivity index (χ1n) is 12.3. The Morgan fingerprint density at radius 3 is 2.17 bits per heavy atom. The second-order valence-electron chi connectivity index (χ2n) is 10.2. The fraction of sp³-hybridized carbons (Fsp3) is 0.464. The average Bonchev–Trinajstić information content (AvgIpc) is 3.36. The normalized spacial score (nSPS) is 20.8. The van der Waals surface area contributed by atoms with Crippen LogP contribution in [0.4, 0.5) is 4.79 Å². The first-order chi connectivity index (χ1) is 16.6. The van der Waals surface area contributed by atoms with E-state index in [2.05, 4.69) is 29.6 Å². The van der Waals surface area contributed by atoms with Crippen LogP contribution in [-0.4, -0.2) is 52.7 Å². The molecule has 1 aliphatic carbocycles. The first-order valence-corrected chi connectivity index (χ1v) is 12.3. The van der Waals surface area contributed by atoms with E-state index < -0.39 is 29.6 Å². The fourth-order valence-electron chi connectivity index (χ4n) is 5.71. The van der Waals surface area contributed by atoms with Crippen LogP contribution in [0.15, 0.2) is 48.5 Å². The number of nitrogens with zero attached hydrogens (tertiary/aromatic N) is 1. The largest absolute Gasteiger partial charge is 0.480 e. The number of ether oxygens (including phenoxy) is 1. The minimum Gasteiger partial charge on any atom is -0.480 e. The molecule has 0 spiro atoms. The van der Waals surface area contributed by atoms with E-state index in [4.69, 9.17) is 4.74 Å². The van der Waals surface area contributed by atoms with Crippen molar-refractivity contribution in [3.05, 3.63) is 59.7 Å². The molecule has 2 amide bonds. The number of rotatable bonds is 7. The molecule has 1 heterocycles. The summed E-state index contributed by atoms with van der Waals surface area (Å²) < 4.78 is 5.66. The van der Waals surface area contributed by atoms with Gasteiger partial charge in [0.15, 0.2) is 0 Å². The molecule has 0 radical (unpaired) electrons. The Morgan fingerprint density at radius 2 is 1.63 bits per heavy atom. The Bertz CT molecular complexity index is 1080. The third-order valence-electron chi connectivity index (χ3n) is 7.60. The molecule has 4 rings (SSSR count). The van der Waals surface area contributed by atoms with Crippen molar-refractivity contribution in [3.63, 3.8) is 0 Å². The van der Waals surface area contributed by atoms with Gasteiger partial charge in [0.2, 0.25) is 5.91 Å². The molecule has 0 aromatic heterocycles. The van der Waals surface area contributed by atoms with E-state index in [-0.39, 0.29) is 24.3 Å². The Morgan fingerprint density at radius 1 is 1.06 bits per heavy atom. The molecule has 2 aromatic rings. The molecule has 0 saturated carbocycles. The number of carbonyl (C=O) groups excluding carboxylic acids is 2. The zero-order valence-corrected chi connectivity index (χ0v) is 20.8. The number of fused-ring (bicyclic) bond motifs is 3. The molecule has 186 valence electrons. The Labute approximate surface area is 206 Å². The lowest BCUT2D eigenvalue weighted by Crippen LogP contribution is -2.56. The molecule has 1 saturated heterocycles. The number of aliphatic carboxylic acids is 1. The monoisotopic (exact) mass is 478 g/mol. The Hall–Kier alpha value is -3.35. The van der Waals surface area contributed by atoms with Crippen molar-refractivity contribution in [3.8, 4) is 11.1 Å². The van der Waals surface area contributed by atoms with E-state index in [9.17, 15) is 19.5 Å². The fourth-order valence-corrected chi connectivity index (χ4v) is 5.71. The number of likely N-dealkylation sites (tertiary alicyclic amines) is 1. The van der Waals surface area contributed by atoms with Crippen LogP contribution in [0.1, 0.15) is 57.6 Å². The molecule has 7 nitrogen and oxygen atoms in total.